The SMILES string of the molecule is O=C(c1ccc2c(c1)C(=O)N(C1CCCCC1)C2=O)N1CCC(n2c(=O)[nH]c3ccccc32)CC1. The van der Waals surface area contributed by atoms with Gasteiger partial charge in [-0.3, -0.25) is 23.9 Å². The Labute approximate surface area is 202 Å². The Morgan fingerprint density at radius 3 is 2.29 bits per heavy atom. The van der Waals surface area contributed by atoms with Gasteiger partial charge in [0.15, 0.2) is 0 Å². The molecule has 1 aromatic heterocycles. The van der Waals surface area contributed by atoms with Crippen LogP contribution in [-0.2, 0) is 0 Å². The van der Waals surface area contributed by atoms with Gasteiger partial charge in [0.1, 0.15) is 0 Å². The summed E-state index contributed by atoms with van der Waals surface area (Å²) in [5.41, 5.74) is 2.74. The average Bonchev–Trinajstić information content (AvgIpc) is 3.36. The van der Waals surface area contributed by atoms with Crippen LogP contribution in [-0.4, -0.2) is 56.2 Å². The molecule has 3 heterocycles. The van der Waals surface area contributed by atoms with Gasteiger partial charge in [-0.05, 0) is 56.0 Å². The van der Waals surface area contributed by atoms with Crippen molar-refractivity contribution in [2.75, 3.05) is 13.1 Å². The molecule has 180 valence electrons. The van der Waals surface area contributed by atoms with E-state index >= 15 is 0 Å². The van der Waals surface area contributed by atoms with E-state index < -0.39 is 0 Å². The average molecular weight is 473 g/mol. The van der Waals surface area contributed by atoms with E-state index in [0.29, 0.717) is 42.6 Å². The van der Waals surface area contributed by atoms with Crippen LogP contribution in [0.25, 0.3) is 11.0 Å². The van der Waals surface area contributed by atoms with Gasteiger partial charge in [0.25, 0.3) is 17.7 Å². The van der Waals surface area contributed by atoms with Gasteiger partial charge < -0.3 is 9.88 Å². The maximum atomic E-state index is 13.3. The number of carbonyl (C=O) groups is 3. The number of nitrogens with zero attached hydrogens (tertiary/aromatic N) is 3. The molecule has 1 saturated carbocycles. The number of hydrogen-bond donors (Lipinski definition) is 1. The van der Waals surface area contributed by atoms with Crippen LogP contribution in [0.5, 0.6) is 0 Å². The van der Waals surface area contributed by atoms with Crippen molar-refractivity contribution in [3.63, 3.8) is 0 Å². The van der Waals surface area contributed by atoms with Crippen LogP contribution in [0.15, 0.2) is 47.3 Å². The van der Waals surface area contributed by atoms with Crippen LogP contribution in [0.3, 0.4) is 0 Å². The zero-order chi connectivity index (χ0) is 24.1. The largest absolute Gasteiger partial charge is 0.338 e. The fourth-order valence-electron chi connectivity index (χ4n) is 6.01. The summed E-state index contributed by atoms with van der Waals surface area (Å²) in [6, 6.07) is 12.5. The molecular formula is C27H28N4O4. The van der Waals surface area contributed by atoms with Gasteiger partial charge in [-0.25, -0.2) is 4.79 Å². The Morgan fingerprint density at radius 1 is 0.800 bits per heavy atom. The molecule has 3 amide bonds. The summed E-state index contributed by atoms with van der Waals surface area (Å²) in [6.07, 6.45) is 6.25. The molecule has 3 aromatic rings. The number of amides is 3. The number of imide groups is 1. The highest BCUT2D eigenvalue weighted by Crippen LogP contribution is 2.32. The van der Waals surface area contributed by atoms with Crippen LogP contribution in [0.1, 0.15) is 82.1 Å². The summed E-state index contributed by atoms with van der Waals surface area (Å²) in [5, 5.41) is 0. The molecular weight excluding hydrogens is 444 g/mol. The highest BCUT2D eigenvalue weighted by atomic mass is 16.2. The van der Waals surface area contributed by atoms with E-state index in [9.17, 15) is 19.2 Å². The highest BCUT2D eigenvalue weighted by Gasteiger charge is 2.40. The number of H-pyrrole nitrogens is 1. The number of aromatic nitrogens is 2. The zero-order valence-corrected chi connectivity index (χ0v) is 19.5. The number of likely N-dealkylation sites (tertiary alicyclic amines) is 1. The van der Waals surface area contributed by atoms with Gasteiger partial charge in [-0.15, -0.1) is 0 Å². The Bertz CT molecular complexity index is 1390. The number of carbonyl (C=O) groups excluding carboxylic acids is 3. The number of piperidine rings is 1. The van der Waals surface area contributed by atoms with E-state index in [1.807, 2.05) is 24.3 Å². The molecule has 1 saturated heterocycles. The summed E-state index contributed by atoms with van der Waals surface area (Å²) < 4.78 is 1.80. The van der Waals surface area contributed by atoms with Gasteiger partial charge >= 0.3 is 5.69 Å². The second-order valence-electron chi connectivity index (χ2n) is 9.87. The number of hydrogen-bond acceptors (Lipinski definition) is 4. The summed E-state index contributed by atoms with van der Waals surface area (Å²) >= 11 is 0. The van der Waals surface area contributed by atoms with E-state index in [1.165, 1.54) is 4.90 Å². The summed E-state index contributed by atoms with van der Waals surface area (Å²) in [7, 11) is 0. The lowest BCUT2D eigenvalue weighted by molar-refractivity contribution is 0.0548. The predicted molar refractivity (Wildman–Crippen MR) is 131 cm³/mol. The first-order valence-corrected chi connectivity index (χ1v) is 12.5. The van der Waals surface area contributed by atoms with Gasteiger partial charge in [-0.2, -0.15) is 0 Å². The number of fused-ring (bicyclic) bond motifs is 2. The first kappa shape index (κ1) is 21.8. The van der Waals surface area contributed by atoms with E-state index in [2.05, 4.69) is 4.98 Å². The monoisotopic (exact) mass is 472 g/mol. The topological polar surface area (TPSA) is 95.5 Å². The third kappa shape index (κ3) is 3.59. The molecule has 0 spiro atoms. The molecule has 2 fully saturated rings. The van der Waals surface area contributed by atoms with E-state index in [1.54, 1.807) is 27.7 Å². The minimum atomic E-state index is -0.274. The number of para-hydroxylation sites is 2. The Hall–Kier alpha value is -3.68. The number of imidazole rings is 1. The molecule has 3 aliphatic rings. The molecule has 2 aromatic carbocycles. The summed E-state index contributed by atoms with van der Waals surface area (Å²) in [6.45, 7) is 1.04. The standard InChI is InChI=1S/C27H28N4O4/c32-24(29-14-12-19(13-15-29)30-23-9-5-4-8-22(23)28-27(30)35)17-10-11-20-21(16-17)26(34)31(25(20)33)18-6-2-1-3-7-18/h4-5,8-11,16,18-19H,1-3,6-7,12-15H2,(H,28,35). The Kier molecular flexibility index (Phi) is 5.31. The summed E-state index contributed by atoms with van der Waals surface area (Å²) in [5.74, 6) is -0.654. The minimum absolute atomic E-state index is 0.0194. The number of aromatic amines is 1. The molecule has 1 N–H and O–H groups in total. The fraction of sp³-hybridized carbons (Fsp3) is 0.407. The van der Waals surface area contributed by atoms with Crippen molar-refractivity contribution in [2.45, 2.75) is 57.0 Å². The van der Waals surface area contributed by atoms with Crippen molar-refractivity contribution < 1.29 is 14.4 Å². The first-order valence-electron chi connectivity index (χ1n) is 12.5. The Balaban J connectivity index is 1.18. The summed E-state index contributed by atoms with van der Waals surface area (Å²) in [4.78, 5) is 58.0. The molecule has 0 unspecified atom stereocenters. The Morgan fingerprint density at radius 2 is 1.51 bits per heavy atom. The van der Waals surface area contributed by atoms with Gasteiger partial charge in [0.05, 0.1) is 22.2 Å². The number of nitrogens with one attached hydrogen (secondary N) is 1. The van der Waals surface area contributed by atoms with Crippen molar-refractivity contribution in [2.24, 2.45) is 0 Å². The highest BCUT2D eigenvalue weighted by molar-refractivity contribution is 6.22. The molecule has 0 atom stereocenters. The fourth-order valence-corrected chi connectivity index (χ4v) is 6.01. The quantitative estimate of drug-likeness (QED) is 0.588. The lowest BCUT2D eigenvalue weighted by Gasteiger charge is -2.32. The van der Waals surface area contributed by atoms with Crippen LogP contribution in [0.2, 0.25) is 0 Å². The minimum Gasteiger partial charge on any atom is -0.338 e. The lowest BCUT2D eigenvalue weighted by Crippen LogP contribution is -2.41. The molecule has 0 bridgehead atoms. The molecule has 35 heavy (non-hydrogen) atoms. The molecule has 8 heteroatoms. The lowest BCUT2D eigenvalue weighted by atomic mass is 9.94. The zero-order valence-electron chi connectivity index (χ0n) is 19.5. The van der Waals surface area contributed by atoms with Gasteiger partial charge in [-0.1, -0.05) is 31.4 Å². The number of benzene rings is 2. The van der Waals surface area contributed by atoms with E-state index in [4.69, 9.17) is 0 Å². The van der Waals surface area contributed by atoms with E-state index in [-0.39, 0.29) is 35.5 Å². The van der Waals surface area contributed by atoms with Crippen LogP contribution >= 0.6 is 0 Å². The molecule has 0 radical (unpaired) electrons. The van der Waals surface area contributed by atoms with Crippen LogP contribution in [0, 0.1) is 0 Å². The smallest absolute Gasteiger partial charge is 0.326 e. The third-order valence-electron chi connectivity index (χ3n) is 7.85. The predicted octanol–water partition coefficient (Wildman–Crippen LogP) is 3.74. The van der Waals surface area contributed by atoms with Gasteiger partial charge in [0, 0.05) is 30.7 Å². The molecule has 8 nitrogen and oxygen atoms in total. The van der Waals surface area contributed by atoms with Gasteiger partial charge in [0.2, 0.25) is 0 Å². The van der Waals surface area contributed by atoms with Crippen molar-refractivity contribution in [3.05, 3.63) is 69.6 Å². The van der Waals surface area contributed by atoms with Crippen molar-refractivity contribution >= 4 is 28.8 Å². The maximum absolute atomic E-state index is 13.3. The molecule has 6 rings (SSSR count). The van der Waals surface area contributed by atoms with Crippen LogP contribution in [0.4, 0.5) is 0 Å². The maximum Gasteiger partial charge on any atom is 0.326 e. The third-order valence-corrected chi connectivity index (χ3v) is 7.85. The molecule has 1 aliphatic carbocycles. The van der Waals surface area contributed by atoms with Crippen molar-refractivity contribution in [3.8, 4) is 0 Å². The van der Waals surface area contributed by atoms with Crippen LogP contribution < -0.4 is 5.69 Å². The first-order chi connectivity index (χ1) is 17.0. The van der Waals surface area contributed by atoms with E-state index in [0.717, 1.165) is 43.1 Å². The second-order valence-corrected chi connectivity index (χ2v) is 9.87. The van der Waals surface area contributed by atoms with Crippen molar-refractivity contribution in [1.29, 1.82) is 0 Å². The van der Waals surface area contributed by atoms with Crippen molar-refractivity contribution in [1.82, 2.24) is 19.4 Å². The normalized spacial score (nSPS) is 19.5. The molecule has 2 aliphatic heterocycles. The second kappa shape index (κ2) is 8.52. The number of rotatable bonds is 3.